The molecule has 2 rings (SSSR count). The molecule has 10 heteroatoms. The van der Waals surface area contributed by atoms with Gasteiger partial charge in [0, 0.05) is 5.02 Å². The Balaban J connectivity index is 1.64. The van der Waals surface area contributed by atoms with Gasteiger partial charge in [0.2, 0.25) is 0 Å². The number of nitrogens with one attached hydrogen (secondary N) is 3. The van der Waals surface area contributed by atoms with Gasteiger partial charge in [0.15, 0.2) is 18.3 Å². The summed E-state index contributed by atoms with van der Waals surface area (Å²) in [6.45, 7) is -0.542. The second-order valence-electron chi connectivity index (χ2n) is 5.01. The Bertz CT molecular complexity index is 818. The second-order valence-corrected chi connectivity index (χ2v) is 6.26. The van der Waals surface area contributed by atoms with Crippen LogP contribution in [0, 0.1) is 0 Å². The topological polar surface area (TPSA) is 88.7 Å². The van der Waals surface area contributed by atoms with Crippen LogP contribution in [0.1, 0.15) is 0 Å². The molecule has 2 amide bonds. The van der Waals surface area contributed by atoms with Gasteiger partial charge in [-0.25, -0.2) is 0 Å². The summed E-state index contributed by atoms with van der Waals surface area (Å²) < 4.78 is 10.5. The summed E-state index contributed by atoms with van der Waals surface area (Å²) in [7, 11) is 0. The van der Waals surface area contributed by atoms with E-state index in [-0.39, 0.29) is 18.3 Å². The van der Waals surface area contributed by atoms with Gasteiger partial charge in [0.05, 0.1) is 5.02 Å². The van der Waals surface area contributed by atoms with E-state index in [1.165, 1.54) is 0 Å². The van der Waals surface area contributed by atoms with Crippen LogP contribution in [0.3, 0.4) is 0 Å². The van der Waals surface area contributed by atoms with E-state index in [1.807, 2.05) is 0 Å². The van der Waals surface area contributed by atoms with E-state index in [4.69, 9.17) is 44.9 Å². The number of thiocarbonyl (C=S) groups is 1. The summed E-state index contributed by atoms with van der Waals surface area (Å²) >= 11 is 16.6. The molecular formula is C17H15Cl2N3O4S. The number of halogens is 2. The van der Waals surface area contributed by atoms with Crippen LogP contribution in [-0.4, -0.2) is 30.1 Å². The first-order valence-electron chi connectivity index (χ1n) is 7.58. The number of hydrogen-bond acceptors (Lipinski definition) is 5. The molecule has 0 fully saturated rings. The maximum absolute atomic E-state index is 11.8. The summed E-state index contributed by atoms with van der Waals surface area (Å²) in [6, 6.07) is 13.3. The Labute approximate surface area is 170 Å². The van der Waals surface area contributed by atoms with Crippen LogP contribution in [0.15, 0.2) is 48.5 Å². The third-order valence-electron chi connectivity index (χ3n) is 2.95. The molecule has 2 aromatic carbocycles. The number of ether oxygens (including phenoxy) is 2. The lowest BCUT2D eigenvalue weighted by Crippen LogP contribution is -2.50. The minimum atomic E-state index is -0.515. The number of hydrazine groups is 1. The van der Waals surface area contributed by atoms with Crippen molar-refractivity contribution in [1.82, 2.24) is 16.2 Å². The van der Waals surface area contributed by atoms with Crippen LogP contribution < -0.4 is 25.6 Å². The molecule has 0 unspecified atom stereocenters. The van der Waals surface area contributed by atoms with Gasteiger partial charge >= 0.3 is 0 Å². The van der Waals surface area contributed by atoms with Gasteiger partial charge in [0.25, 0.3) is 11.8 Å². The zero-order valence-electron chi connectivity index (χ0n) is 13.8. The molecule has 0 aliphatic rings. The minimum absolute atomic E-state index is 0.0948. The molecule has 0 radical (unpaired) electrons. The highest BCUT2D eigenvalue weighted by molar-refractivity contribution is 7.80. The summed E-state index contributed by atoms with van der Waals surface area (Å²) in [5, 5.41) is 3.20. The summed E-state index contributed by atoms with van der Waals surface area (Å²) in [5.41, 5.74) is 4.68. The largest absolute Gasteiger partial charge is 0.484 e. The van der Waals surface area contributed by atoms with Gasteiger partial charge in [-0.15, -0.1) is 0 Å². The summed E-state index contributed by atoms with van der Waals surface area (Å²) in [5.74, 6) is -0.143. The van der Waals surface area contributed by atoms with Crippen molar-refractivity contribution in [2.75, 3.05) is 13.2 Å². The number of carbonyl (C=O) groups excluding carboxylic acids is 2. The fourth-order valence-corrected chi connectivity index (χ4v) is 2.22. The van der Waals surface area contributed by atoms with Crippen LogP contribution in [0.5, 0.6) is 11.5 Å². The number of hydrogen-bond donors (Lipinski definition) is 3. The van der Waals surface area contributed by atoms with Crippen LogP contribution >= 0.6 is 35.4 Å². The van der Waals surface area contributed by atoms with E-state index >= 15 is 0 Å². The zero-order chi connectivity index (χ0) is 19.6. The fourth-order valence-electron chi connectivity index (χ4n) is 1.74. The van der Waals surface area contributed by atoms with Gasteiger partial charge in [0.1, 0.15) is 11.5 Å². The van der Waals surface area contributed by atoms with Gasteiger partial charge < -0.3 is 9.47 Å². The summed E-state index contributed by atoms with van der Waals surface area (Å²) in [4.78, 5) is 23.5. The minimum Gasteiger partial charge on any atom is -0.484 e. The van der Waals surface area contributed by atoms with E-state index in [0.717, 1.165) is 0 Å². The number of para-hydroxylation sites is 1. The van der Waals surface area contributed by atoms with E-state index < -0.39 is 11.8 Å². The molecule has 0 heterocycles. The van der Waals surface area contributed by atoms with Crippen molar-refractivity contribution in [2.24, 2.45) is 0 Å². The van der Waals surface area contributed by atoms with E-state index in [2.05, 4.69) is 16.2 Å². The Morgan fingerprint density at radius 2 is 1.56 bits per heavy atom. The first-order valence-corrected chi connectivity index (χ1v) is 8.75. The summed E-state index contributed by atoms with van der Waals surface area (Å²) in [6.07, 6.45) is 0. The second kappa shape index (κ2) is 10.6. The van der Waals surface area contributed by atoms with Crippen LogP contribution in [-0.2, 0) is 9.59 Å². The van der Waals surface area contributed by atoms with E-state index in [0.29, 0.717) is 21.5 Å². The lowest BCUT2D eigenvalue weighted by molar-refractivity contribution is -0.124. The van der Waals surface area contributed by atoms with Gasteiger partial charge in [-0.1, -0.05) is 35.3 Å². The van der Waals surface area contributed by atoms with Gasteiger partial charge in [-0.05, 0) is 48.6 Å². The predicted molar refractivity (Wildman–Crippen MR) is 106 cm³/mol. The Morgan fingerprint density at radius 3 is 2.26 bits per heavy atom. The maximum atomic E-state index is 11.8. The molecule has 0 atom stereocenters. The molecule has 142 valence electrons. The van der Waals surface area contributed by atoms with Gasteiger partial charge in [-0.3, -0.25) is 25.8 Å². The highest BCUT2D eigenvalue weighted by atomic mass is 35.5. The van der Waals surface area contributed by atoms with E-state index in [9.17, 15) is 9.59 Å². The third-order valence-corrected chi connectivity index (χ3v) is 3.72. The van der Waals surface area contributed by atoms with Gasteiger partial charge in [-0.2, -0.15) is 0 Å². The Morgan fingerprint density at radius 1 is 0.889 bits per heavy atom. The molecule has 7 nitrogen and oxygen atoms in total. The van der Waals surface area contributed by atoms with E-state index in [1.54, 1.807) is 48.5 Å². The number of benzene rings is 2. The number of amides is 2. The number of carbonyl (C=O) groups is 2. The predicted octanol–water partition coefficient (Wildman–Crippen LogP) is 2.47. The SMILES string of the molecule is O=C(COc1ccc(Cl)cc1)NNC(=S)NC(=O)COc1ccccc1Cl. The zero-order valence-corrected chi connectivity index (χ0v) is 16.2. The van der Waals surface area contributed by atoms with Crippen LogP contribution in [0.25, 0.3) is 0 Å². The molecule has 27 heavy (non-hydrogen) atoms. The molecular weight excluding hydrogens is 413 g/mol. The molecule has 0 aliphatic carbocycles. The molecule has 0 bridgehead atoms. The monoisotopic (exact) mass is 427 g/mol. The van der Waals surface area contributed by atoms with Crippen molar-refractivity contribution >= 4 is 52.3 Å². The highest BCUT2D eigenvalue weighted by Crippen LogP contribution is 2.22. The highest BCUT2D eigenvalue weighted by Gasteiger charge is 2.09. The van der Waals surface area contributed by atoms with Crippen molar-refractivity contribution in [2.45, 2.75) is 0 Å². The molecule has 2 aromatic rings. The van der Waals surface area contributed by atoms with Crippen LogP contribution in [0.4, 0.5) is 0 Å². The molecule has 3 N–H and O–H groups in total. The first kappa shape index (κ1) is 20.8. The number of rotatable bonds is 6. The third kappa shape index (κ3) is 7.69. The average molecular weight is 428 g/mol. The lowest BCUT2D eigenvalue weighted by Gasteiger charge is -2.12. The van der Waals surface area contributed by atoms with Crippen molar-refractivity contribution in [3.63, 3.8) is 0 Å². The van der Waals surface area contributed by atoms with Crippen molar-refractivity contribution in [3.05, 3.63) is 58.6 Å². The Hall–Kier alpha value is -2.55. The average Bonchev–Trinajstić information content (AvgIpc) is 2.65. The Kier molecular flexibility index (Phi) is 8.12. The normalized spacial score (nSPS) is 9.85. The fraction of sp³-hybridized carbons (Fsp3) is 0.118. The van der Waals surface area contributed by atoms with Crippen LogP contribution in [0.2, 0.25) is 10.0 Å². The first-order chi connectivity index (χ1) is 12.9. The van der Waals surface area contributed by atoms with Crippen molar-refractivity contribution in [3.8, 4) is 11.5 Å². The standard InChI is InChI=1S/C17H15Cl2N3O4S/c18-11-5-7-12(8-6-11)25-10-16(24)21-22-17(27)20-15(23)9-26-14-4-2-1-3-13(14)19/h1-8H,9-10H2,(H,21,24)(H2,20,22,23,27). The van der Waals surface area contributed by atoms with Crippen molar-refractivity contribution < 1.29 is 19.1 Å². The molecule has 0 spiro atoms. The maximum Gasteiger partial charge on any atom is 0.276 e. The smallest absolute Gasteiger partial charge is 0.276 e. The molecule has 0 aliphatic heterocycles. The molecule has 0 saturated carbocycles. The quantitative estimate of drug-likeness (QED) is 0.484. The lowest BCUT2D eigenvalue weighted by atomic mass is 10.3. The molecule has 0 saturated heterocycles. The molecule has 0 aromatic heterocycles. The van der Waals surface area contributed by atoms with Crippen molar-refractivity contribution in [1.29, 1.82) is 0 Å².